The molecule has 0 aliphatic carbocycles. The van der Waals surface area contributed by atoms with Gasteiger partial charge >= 0.3 is 6.18 Å². The number of hydrogen-bond acceptors (Lipinski definition) is 5. The molecule has 4 rings (SSSR count). The summed E-state index contributed by atoms with van der Waals surface area (Å²) in [5.41, 5.74) is 8.75. The number of hydrogen-bond donors (Lipinski definition) is 3. The lowest BCUT2D eigenvalue weighted by atomic mass is 9.99. The van der Waals surface area contributed by atoms with Gasteiger partial charge in [-0.05, 0) is 61.2 Å². The average molecular weight is 451 g/mol. The van der Waals surface area contributed by atoms with E-state index in [0.717, 1.165) is 43.1 Å². The molecular weight excluding hydrogens is 421 g/mol. The minimum atomic E-state index is -4.37. The van der Waals surface area contributed by atoms with Gasteiger partial charge in [-0.1, -0.05) is 17.8 Å². The second-order valence-electron chi connectivity index (χ2n) is 8.08. The molecule has 0 saturated carbocycles. The summed E-state index contributed by atoms with van der Waals surface area (Å²) in [6.45, 7) is 4.80. The predicted octanol–water partition coefficient (Wildman–Crippen LogP) is 4.71. The van der Waals surface area contributed by atoms with Gasteiger partial charge in [0.2, 0.25) is 0 Å². The van der Waals surface area contributed by atoms with E-state index >= 15 is 0 Å². The molecule has 0 spiro atoms. The van der Waals surface area contributed by atoms with E-state index in [4.69, 9.17) is 5.73 Å². The van der Waals surface area contributed by atoms with Crippen molar-refractivity contribution in [2.45, 2.75) is 41.7 Å². The Morgan fingerprint density at radius 3 is 2.55 bits per heavy atom. The number of nitrogens with two attached hydrogens (primary N) is 1. The minimum absolute atomic E-state index is 0.574. The number of benzene rings is 2. The van der Waals surface area contributed by atoms with Crippen LogP contribution in [0.3, 0.4) is 0 Å². The zero-order chi connectivity index (χ0) is 21.8. The first kappa shape index (κ1) is 22.3. The minimum Gasteiger partial charge on any atom is -0.385 e. The summed E-state index contributed by atoms with van der Waals surface area (Å²) in [6, 6.07) is 8.99. The molecule has 0 aromatic heterocycles. The maximum atomic E-state index is 13.6. The highest BCUT2D eigenvalue weighted by atomic mass is 32.2. The van der Waals surface area contributed by atoms with Crippen molar-refractivity contribution >= 4 is 23.1 Å². The largest absolute Gasteiger partial charge is 0.416 e. The molecule has 31 heavy (non-hydrogen) atoms. The van der Waals surface area contributed by atoms with Crippen LogP contribution in [0.5, 0.6) is 0 Å². The van der Waals surface area contributed by atoms with Gasteiger partial charge in [0.25, 0.3) is 0 Å². The zero-order valence-electron chi connectivity index (χ0n) is 17.5. The molecule has 2 aromatic carbocycles. The molecule has 0 unspecified atom stereocenters. The average Bonchev–Trinajstić information content (AvgIpc) is 3.28. The highest BCUT2D eigenvalue weighted by Crippen LogP contribution is 2.46. The Labute approximate surface area is 185 Å². The van der Waals surface area contributed by atoms with E-state index in [1.165, 1.54) is 48.0 Å². The maximum absolute atomic E-state index is 13.6. The molecule has 0 atom stereocenters. The molecule has 2 aliphatic heterocycles. The van der Waals surface area contributed by atoms with Gasteiger partial charge in [-0.25, -0.2) is 0 Å². The molecule has 2 aliphatic rings. The molecular formula is C23H29F3N4S. The number of rotatable bonds is 8. The summed E-state index contributed by atoms with van der Waals surface area (Å²) in [4.78, 5) is 4.12. The molecule has 8 heteroatoms. The van der Waals surface area contributed by atoms with Gasteiger partial charge in [0, 0.05) is 60.3 Å². The first-order chi connectivity index (χ1) is 15.0. The Morgan fingerprint density at radius 2 is 1.81 bits per heavy atom. The number of nitrogens with one attached hydrogen (secondary N) is 2. The smallest absolute Gasteiger partial charge is 0.385 e. The molecule has 4 N–H and O–H groups in total. The SMILES string of the molecule is NCCNCCCNc1cc(C(F)(F)F)cc2c1Cc1ccc(N3CCCC3)cc1S2. The van der Waals surface area contributed by atoms with E-state index in [1.807, 2.05) is 0 Å². The topological polar surface area (TPSA) is 53.3 Å². The van der Waals surface area contributed by atoms with Crippen LogP contribution in [0.25, 0.3) is 0 Å². The van der Waals surface area contributed by atoms with E-state index in [0.29, 0.717) is 30.1 Å². The standard InChI is InChI=1S/C23H29F3N4S/c24-23(25,26)17-13-20(29-8-3-7-28-9-6-27)19-12-16-4-5-18(30-10-1-2-11-30)15-21(16)31-22(19)14-17/h4-5,13-15,28-29H,1-3,6-12,27H2. The number of anilines is 2. The number of fused-ring (bicyclic) bond motifs is 2. The van der Waals surface area contributed by atoms with Crippen molar-refractivity contribution in [3.8, 4) is 0 Å². The second-order valence-corrected chi connectivity index (χ2v) is 9.17. The van der Waals surface area contributed by atoms with Gasteiger partial charge in [0.1, 0.15) is 0 Å². The molecule has 2 heterocycles. The van der Waals surface area contributed by atoms with Crippen molar-refractivity contribution in [1.29, 1.82) is 0 Å². The molecule has 168 valence electrons. The van der Waals surface area contributed by atoms with Gasteiger partial charge in [-0.2, -0.15) is 13.2 Å². The van der Waals surface area contributed by atoms with Gasteiger partial charge in [-0.15, -0.1) is 0 Å². The zero-order valence-corrected chi connectivity index (χ0v) is 18.3. The Bertz CT molecular complexity index is 910. The summed E-state index contributed by atoms with van der Waals surface area (Å²) in [5.74, 6) is 0. The van der Waals surface area contributed by atoms with Crippen molar-refractivity contribution in [1.82, 2.24) is 5.32 Å². The molecule has 4 nitrogen and oxygen atoms in total. The second kappa shape index (κ2) is 9.71. The van der Waals surface area contributed by atoms with Crippen molar-refractivity contribution in [2.24, 2.45) is 5.73 Å². The lowest BCUT2D eigenvalue weighted by molar-refractivity contribution is -0.137. The molecule has 2 aromatic rings. The quantitative estimate of drug-likeness (QED) is 0.434. The van der Waals surface area contributed by atoms with E-state index in [1.54, 1.807) is 0 Å². The van der Waals surface area contributed by atoms with E-state index in [2.05, 4.69) is 33.7 Å². The Hall–Kier alpha value is -1.90. The van der Waals surface area contributed by atoms with Crippen LogP contribution in [0.2, 0.25) is 0 Å². The highest BCUT2D eigenvalue weighted by Gasteiger charge is 2.33. The molecule has 0 radical (unpaired) electrons. The third-order valence-electron chi connectivity index (χ3n) is 5.81. The molecule has 0 bridgehead atoms. The monoisotopic (exact) mass is 450 g/mol. The predicted molar refractivity (Wildman–Crippen MR) is 121 cm³/mol. The van der Waals surface area contributed by atoms with Crippen LogP contribution in [0.1, 0.15) is 36.0 Å². The Kier molecular flexibility index (Phi) is 6.99. The first-order valence-electron chi connectivity index (χ1n) is 10.9. The van der Waals surface area contributed by atoms with Crippen LogP contribution in [0, 0.1) is 0 Å². The van der Waals surface area contributed by atoms with Crippen LogP contribution in [0.4, 0.5) is 24.5 Å². The Morgan fingerprint density at radius 1 is 1.00 bits per heavy atom. The van der Waals surface area contributed by atoms with Gasteiger partial charge in [0.05, 0.1) is 5.56 Å². The molecule has 0 amide bonds. The first-order valence-corrected chi connectivity index (χ1v) is 11.7. The van der Waals surface area contributed by atoms with Crippen LogP contribution < -0.4 is 21.3 Å². The van der Waals surface area contributed by atoms with Crippen molar-refractivity contribution < 1.29 is 13.2 Å². The van der Waals surface area contributed by atoms with Crippen molar-refractivity contribution in [3.05, 3.63) is 47.0 Å². The van der Waals surface area contributed by atoms with Gasteiger partial charge < -0.3 is 21.3 Å². The lowest BCUT2D eigenvalue weighted by Gasteiger charge is -2.26. The fourth-order valence-electron chi connectivity index (χ4n) is 4.17. The number of halogens is 3. The summed E-state index contributed by atoms with van der Waals surface area (Å²) >= 11 is 1.46. The van der Waals surface area contributed by atoms with Gasteiger partial charge in [-0.3, -0.25) is 0 Å². The fourth-order valence-corrected chi connectivity index (χ4v) is 5.35. The summed E-state index contributed by atoms with van der Waals surface area (Å²) < 4.78 is 40.7. The van der Waals surface area contributed by atoms with E-state index in [-0.39, 0.29) is 0 Å². The lowest BCUT2D eigenvalue weighted by Crippen LogP contribution is -2.24. The van der Waals surface area contributed by atoms with E-state index in [9.17, 15) is 13.2 Å². The third-order valence-corrected chi connectivity index (χ3v) is 7.00. The highest BCUT2D eigenvalue weighted by molar-refractivity contribution is 7.99. The van der Waals surface area contributed by atoms with Crippen LogP contribution >= 0.6 is 11.8 Å². The number of alkyl halides is 3. The van der Waals surface area contributed by atoms with Crippen LogP contribution in [-0.2, 0) is 12.6 Å². The summed E-state index contributed by atoms with van der Waals surface area (Å²) in [7, 11) is 0. The molecule has 1 fully saturated rings. The van der Waals surface area contributed by atoms with E-state index < -0.39 is 11.7 Å². The maximum Gasteiger partial charge on any atom is 0.416 e. The van der Waals surface area contributed by atoms with Crippen LogP contribution in [-0.4, -0.2) is 39.3 Å². The summed E-state index contributed by atoms with van der Waals surface area (Å²) in [5, 5.41) is 6.46. The number of nitrogens with zero attached hydrogens (tertiary/aromatic N) is 1. The van der Waals surface area contributed by atoms with Crippen LogP contribution in [0.15, 0.2) is 40.1 Å². The fraction of sp³-hybridized carbons (Fsp3) is 0.478. The summed E-state index contributed by atoms with van der Waals surface area (Å²) in [6.07, 6.45) is -0.526. The van der Waals surface area contributed by atoms with Crippen molar-refractivity contribution in [2.75, 3.05) is 49.5 Å². The molecule has 1 saturated heterocycles. The van der Waals surface area contributed by atoms with Gasteiger partial charge in [0.15, 0.2) is 0 Å². The Balaban J connectivity index is 1.56. The third kappa shape index (κ3) is 5.30. The van der Waals surface area contributed by atoms with Crippen molar-refractivity contribution in [3.63, 3.8) is 0 Å². The normalized spacial score (nSPS) is 15.7.